The quantitative estimate of drug-likeness (QED) is 0.150. The van der Waals surface area contributed by atoms with E-state index in [1.54, 1.807) is 0 Å². The van der Waals surface area contributed by atoms with Gasteiger partial charge in [-0.3, -0.25) is 0 Å². The summed E-state index contributed by atoms with van der Waals surface area (Å²) in [5, 5.41) is 7.77. The maximum atomic E-state index is 6.63. The number of para-hydroxylation sites is 2. The number of aromatic nitrogens is 3. The maximum absolute atomic E-state index is 6.63. The van der Waals surface area contributed by atoms with E-state index < -0.39 is 0 Å². The summed E-state index contributed by atoms with van der Waals surface area (Å²) in [5.74, 6) is 0.683. The molecule has 0 saturated heterocycles. The molecule has 0 fully saturated rings. The molecule has 13 rings (SSSR count). The molecule has 4 nitrogen and oxygen atoms in total. The first-order valence-corrected chi connectivity index (χ1v) is 22.7. The summed E-state index contributed by atoms with van der Waals surface area (Å²) < 4.78 is 6.63. The molecule has 4 heteroatoms. The third kappa shape index (κ3) is 6.65. The highest BCUT2D eigenvalue weighted by molar-refractivity contribution is 6.27. The van der Waals surface area contributed by atoms with E-state index in [-0.39, 0.29) is 0 Å². The van der Waals surface area contributed by atoms with E-state index in [0.29, 0.717) is 5.82 Å². The average Bonchev–Trinajstić information content (AvgIpc) is 3.78. The molecule has 0 radical (unpaired) electrons. The van der Waals surface area contributed by atoms with Crippen molar-refractivity contribution in [2.24, 2.45) is 0 Å². The molecule has 0 amide bonds. The molecule has 0 saturated carbocycles. The summed E-state index contributed by atoms with van der Waals surface area (Å²) in [6.45, 7) is 0. The molecule has 0 aliphatic carbocycles. The number of hydrogen-bond donors (Lipinski definition) is 0. The van der Waals surface area contributed by atoms with Gasteiger partial charge in [0.15, 0.2) is 5.82 Å². The van der Waals surface area contributed by atoms with E-state index in [1.165, 1.54) is 10.9 Å². The molecule has 3 heterocycles. The molecule has 0 atom stereocenters. The topological polar surface area (TPSA) is 51.8 Å². The largest absolute Gasteiger partial charge is 0.456 e. The first-order valence-electron chi connectivity index (χ1n) is 22.7. The van der Waals surface area contributed by atoms with Crippen molar-refractivity contribution in [3.05, 3.63) is 237 Å². The monoisotopic (exact) mass is 853 g/mol. The molecule has 0 aliphatic heterocycles. The van der Waals surface area contributed by atoms with Crippen LogP contribution in [0.4, 0.5) is 0 Å². The molecule has 10 aromatic carbocycles. The van der Waals surface area contributed by atoms with Crippen LogP contribution in [0.1, 0.15) is 0 Å². The van der Waals surface area contributed by atoms with Crippen molar-refractivity contribution in [3.8, 4) is 78.5 Å². The SMILES string of the molecule is c1ccc(-c2cccc(-c3cc(-c4ccccc4)nc(-c4ccc(-c5ccc(-c6nc7ccccc7c7c(-c8ccccc8)c8c(cc67)oc6ccccc68)cc5)c5ccccc45)n3)c2)cc1. The fourth-order valence-electron chi connectivity index (χ4n) is 9.94. The Balaban J connectivity index is 0.950. The highest BCUT2D eigenvalue weighted by Crippen LogP contribution is 2.46. The van der Waals surface area contributed by atoms with E-state index in [0.717, 1.165) is 116 Å². The lowest BCUT2D eigenvalue weighted by molar-refractivity contribution is 0.669. The fourth-order valence-corrected chi connectivity index (χ4v) is 9.94. The van der Waals surface area contributed by atoms with Crippen LogP contribution in [0.3, 0.4) is 0 Å². The van der Waals surface area contributed by atoms with Crippen LogP contribution in [-0.4, -0.2) is 15.0 Å². The van der Waals surface area contributed by atoms with Gasteiger partial charge in [0.25, 0.3) is 0 Å². The van der Waals surface area contributed by atoms with Crippen LogP contribution in [0.5, 0.6) is 0 Å². The number of benzene rings is 10. The molecular weight excluding hydrogens is 815 g/mol. The first-order chi connectivity index (χ1) is 33.2. The second kappa shape index (κ2) is 15.9. The smallest absolute Gasteiger partial charge is 0.161 e. The normalized spacial score (nSPS) is 11.6. The van der Waals surface area contributed by atoms with Crippen molar-refractivity contribution in [1.29, 1.82) is 0 Å². The van der Waals surface area contributed by atoms with Gasteiger partial charge in [-0.1, -0.05) is 200 Å². The van der Waals surface area contributed by atoms with Crippen LogP contribution in [0.15, 0.2) is 241 Å². The van der Waals surface area contributed by atoms with Crippen LogP contribution < -0.4 is 0 Å². The van der Waals surface area contributed by atoms with E-state index in [1.807, 2.05) is 18.2 Å². The Morgan fingerprint density at radius 3 is 1.58 bits per heavy atom. The Labute approximate surface area is 387 Å². The number of rotatable bonds is 7. The van der Waals surface area contributed by atoms with Crippen molar-refractivity contribution in [3.63, 3.8) is 0 Å². The van der Waals surface area contributed by atoms with Gasteiger partial charge in [-0.2, -0.15) is 0 Å². The molecule has 0 aliphatic rings. The second-order valence-corrected chi connectivity index (χ2v) is 17.0. The summed E-state index contributed by atoms with van der Waals surface area (Å²) in [7, 11) is 0. The van der Waals surface area contributed by atoms with Crippen LogP contribution in [-0.2, 0) is 0 Å². The third-order valence-electron chi connectivity index (χ3n) is 13.1. The Morgan fingerprint density at radius 1 is 0.284 bits per heavy atom. The first kappa shape index (κ1) is 38.5. The Kier molecular flexibility index (Phi) is 9.14. The van der Waals surface area contributed by atoms with Crippen LogP contribution in [0, 0.1) is 0 Å². The van der Waals surface area contributed by atoms with Gasteiger partial charge in [0.1, 0.15) is 11.2 Å². The summed E-state index contributed by atoms with van der Waals surface area (Å²) in [6, 6.07) is 83.2. The maximum Gasteiger partial charge on any atom is 0.161 e. The number of hydrogen-bond acceptors (Lipinski definition) is 4. The van der Waals surface area contributed by atoms with Crippen LogP contribution in [0.25, 0.3) is 133 Å². The Bertz CT molecular complexity index is 4010. The number of furan rings is 1. The minimum atomic E-state index is 0.683. The highest BCUT2D eigenvalue weighted by Gasteiger charge is 2.22. The van der Waals surface area contributed by atoms with Gasteiger partial charge in [-0.15, -0.1) is 0 Å². The fraction of sp³-hybridized carbons (Fsp3) is 0. The average molecular weight is 854 g/mol. The molecule has 0 spiro atoms. The molecule has 312 valence electrons. The molecular formula is C63H39N3O. The molecule has 3 aromatic heterocycles. The van der Waals surface area contributed by atoms with Crippen molar-refractivity contribution < 1.29 is 4.42 Å². The van der Waals surface area contributed by atoms with Crippen LogP contribution >= 0.6 is 0 Å². The van der Waals surface area contributed by atoms with Gasteiger partial charge >= 0.3 is 0 Å². The van der Waals surface area contributed by atoms with E-state index in [4.69, 9.17) is 19.4 Å². The van der Waals surface area contributed by atoms with Crippen molar-refractivity contribution in [2.75, 3.05) is 0 Å². The van der Waals surface area contributed by atoms with Crippen molar-refractivity contribution in [1.82, 2.24) is 15.0 Å². The van der Waals surface area contributed by atoms with Crippen molar-refractivity contribution >= 4 is 54.4 Å². The Morgan fingerprint density at radius 2 is 0.836 bits per heavy atom. The molecule has 0 unspecified atom stereocenters. The number of fused-ring (bicyclic) bond motifs is 7. The lowest BCUT2D eigenvalue weighted by atomic mass is 9.89. The van der Waals surface area contributed by atoms with E-state index in [9.17, 15) is 0 Å². The predicted molar refractivity (Wildman–Crippen MR) is 278 cm³/mol. The molecule has 67 heavy (non-hydrogen) atoms. The zero-order valence-electron chi connectivity index (χ0n) is 36.3. The number of pyridine rings is 1. The Hall–Kier alpha value is -8.99. The summed E-state index contributed by atoms with van der Waals surface area (Å²) in [6.07, 6.45) is 0. The lowest BCUT2D eigenvalue weighted by Crippen LogP contribution is -1.97. The van der Waals surface area contributed by atoms with Gasteiger partial charge in [-0.25, -0.2) is 15.0 Å². The molecule has 0 bridgehead atoms. The second-order valence-electron chi connectivity index (χ2n) is 17.0. The third-order valence-corrected chi connectivity index (χ3v) is 13.1. The number of nitrogens with zero attached hydrogens (tertiary/aromatic N) is 3. The molecule has 0 N–H and O–H groups in total. The highest BCUT2D eigenvalue weighted by atomic mass is 16.3. The van der Waals surface area contributed by atoms with Gasteiger partial charge in [0.05, 0.1) is 22.6 Å². The predicted octanol–water partition coefficient (Wildman–Crippen LogP) is 16.9. The van der Waals surface area contributed by atoms with Gasteiger partial charge in [0, 0.05) is 54.7 Å². The standard InChI is InChI=1S/C63H39N3O/c1-4-17-40(18-5-1)45-23-16-24-46(37-45)56-39-55(42-19-6-2-7-20-42)65-63(66-56)50-36-35-47(48-25-10-11-26-49(48)50)41-31-33-44(34-32-41)62-53-38-58-61(52-28-13-15-30-57(52)67-58)59(43-21-8-3-9-22-43)60(53)51-27-12-14-29-54(51)64-62/h1-39H. The summed E-state index contributed by atoms with van der Waals surface area (Å²) in [5.41, 5.74) is 16.3. The lowest BCUT2D eigenvalue weighted by Gasteiger charge is -2.16. The minimum Gasteiger partial charge on any atom is -0.456 e. The molecule has 13 aromatic rings. The van der Waals surface area contributed by atoms with Gasteiger partial charge < -0.3 is 4.42 Å². The van der Waals surface area contributed by atoms with Gasteiger partial charge in [0.2, 0.25) is 0 Å². The zero-order chi connectivity index (χ0) is 44.3. The van der Waals surface area contributed by atoms with Crippen molar-refractivity contribution in [2.45, 2.75) is 0 Å². The zero-order valence-corrected chi connectivity index (χ0v) is 36.3. The summed E-state index contributed by atoms with van der Waals surface area (Å²) in [4.78, 5) is 16.0. The van der Waals surface area contributed by atoms with E-state index >= 15 is 0 Å². The summed E-state index contributed by atoms with van der Waals surface area (Å²) >= 11 is 0. The van der Waals surface area contributed by atoms with Crippen LogP contribution in [0.2, 0.25) is 0 Å². The van der Waals surface area contributed by atoms with E-state index in [2.05, 4.69) is 218 Å². The minimum absolute atomic E-state index is 0.683. The van der Waals surface area contributed by atoms with Gasteiger partial charge in [-0.05, 0) is 75.0 Å².